The molecule has 2 aromatic heterocycles. The van der Waals surface area contributed by atoms with Crippen molar-refractivity contribution < 1.29 is 4.18 Å². The molecule has 0 saturated carbocycles. The molecule has 0 fully saturated rings. The van der Waals surface area contributed by atoms with Gasteiger partial charge >= 0.3 is 0 Å². The molecule has 0 saturated heterocycles. The van der Waals surface area contributed by atoms with Gasteiger partial charge in [-0.15, -0.1) is 0 Å². The molecule has 86 valence electrons. The Kier molecular flexibility index (Phi) is 5.79. The highest BCUT2D eigenvalue weighted by Gasteiger charge is 2.10. The highest BCUT2D eigenvalue weighted by molar-refractivity contribution is 9.10. The molecule has 0 amide bonds. The zero-order chi connectivity index (χ0) is 12.0. The van der Waals surface area contributed by atoms with Gasteiger partial charge < -0.3 is 4.18 Å². The lowest BCUT2D eigenvalue weighted by atomic mass is 10.3. The maximum atomic E-state index is 4.83. The zero-order valence-corrected chi connectivity index (χ0v) is 12.1. The Morgan fingerprint density at radius 3 is 2.69 bits per heavy atom. The van der Waals surface area contributed by atoms with E-state index in [1.54, 1.807) is 12.4 Å². The first-order valence-corrected chi connectivity index (χ1v) is 6.67. The van der Waals surface area contributed by atoms with Crippen LogP contribution in [0.25, 0.3) is 10.6 Å². The van der Waals surface area contributed by atoms with E-state index in [0.717, 1.165) is 10.6 Å². The van der Waals surface area contributed by atoms with Crippen LogP contribution in [0.2, 0.25) is 0 Å². The molecule has 0 N–H and O–H groups in total. The van der Waals surface area contributed by atoms with E-state index in [2.05, 4.69) is 38.8 Å². The largest absolute Gasteiger partial charge is 0.415 e. The Morgan fingerprint density at radius 2 is 2.19 bits per heavy atom. The summed E-state index contributed by atoms with van der Waals surface area (Å²) in [4.78, 5) is 8.29. The first-order valence-electron chi connectivity index (χ1n) is 4.69. The fraction of sp³-hybridized carbons (Fsp3) is 0.200. The van der Waals surface area contributed by atoms with Crippen LogP contribution in [0.5, 0.6) is 5.06 Å². The number of rotatable bonds is 2. The molecule has 0 aliphatic heterocycles. The standard InChI is InChI=1S/C8H5BrN2OS2.C2H6/c9-6-8(12-13)14-7(11-6)5-2-1-3-10-4-5;1-2/h1-4,13H;1-2H3. The van der Waals surface area contributed by atoms with Gasteiger partial charge in [-0.2, -0.15) is 0 Å². The van der Waals surface area contributed by atoms with E-state index < -0.39 is 0 Å². The number of pyridine rings is 1. The first-order chi connectivity index (χ1) is 7.81. The van der Waals surface area contributed by atoms with Gasteiger partial charge in [0.25, 0.3) is 0 Å². The maximum Gasteiger partial charge on any atom is 0.225 e. The fourth-order valence-corrected chi connectivity index (χ4v) is 2.62. The molecule has 2 rings (SSSR count). The van der Waals surface area contributed by atoms with Gasteiger partial charge in [-0.1, -0.05) is 25.2 Å². The number of thiol groups is 1. The van der Waals surface area contributed by atoms with Crippen LogP contribution < -0.4 is 4.18 Å². The highest BCUT2D eigenvalue weighted by Crippen LogP contribution is 2.37. The predicted molar refractivity (Wildman–Crippen MR) is 74.0 cm³/mol. The highest BCUT2D eigenvalue weighted by atomic mass is 79.9. The van der Waals surface area contributed by atoms with Crippen molar-refractivity contribution in [2.45, 2.75) is 13.8 Å². The molecule has 16 heavy (non-hydrogen) atoms. The minimum Gasteiger partial charge on any atom is -0.415 e. The second-order valence-electron chi connectivity index (χ2n) is 2.43. The summed E-state index contributed by atoms with van der Waals surface area (Å²) in [5.41, 5.74) is 0.967. The number of hydrogen-bond acceptors (Lipinski definition) is 5. The van der Waals surface area contributed by atoms with Crippen molar-refractivity contribution in [2.75, 3.05) is 0 Å². The molecule has 0 aromatic carbocycles. The van der Waals surface area contributed by atoms with Gasteiger partial charge in [0.05, 0.1) is 0 Å². The lowest BCUT2D eigenvalue weighted by Gasteiger charge is -1.91. The Morgan fingerprint density at radius 1 is 1.44 bits per heavy atom. The summed E-state index contributed by atoms with van der Waals surface area (Å²) < 4.78 is 5.49. The van der Waals surface area contributed by atoms with Crippen LogP contribution in [0, 0.1) is 0 Å². The summed E-state index contributed by atoms with van der Waals surface area (Å²) in [6, 6.07) is 3.81. The minimum absolute atomic E-state index is 0.646. The average Bonchev–Trinajstić information content (AvgIpc) is 2.74. The Bertz CT molecular complexity index is 434. The van der Waals surface area contributed by atoms with Crippen molar-refractivity contribution in [2.24, 2.45) is 0 Å². The molecule has 0 aliphatic rings. The van der Waals surface area contributed by atoms with Gasteiger partial charge in [-0.3, -0.25) is 4.98 Å². The van der Waals surface area contributed by atoms with E-state index in [4.69, 9.17) is 4.18 Å². The van der Waals surface area contributed by atoms with Crippen LogP contribution in [0.4, 0.5) is 0 Å². The minimum atomic E-state index is 0.646. The number of thiazole rings is 1. The second kappa shape index (κ2) is 6.88. The van der Waals surface area contributed by atoms with E-state index >= 15 is 0 Å². The molecule has 0 atom stereocenters. The van der Waals surface area contributed by atoms with Gasteiger partial charge in [0.2, 0.25) is 5.06 Å². The third-order valence-electron chi connectivity index (χ3n) is 1.55. The molecule has 0 aliphatic carbocycles. The first kappa shape index (κ1) is 13.5. The second-order valence-corrected chi connectivity index (χ2v) is 4.33. The molecular weight excluding hydrogens is 308 g/mol. The third-order valence-corrected chi connectivity index (χ3v) is 3.64. The van der Waals surface area contributed by atoms with Crippen molar-refractivity contribution in [3.05, 3.63) is 29.1 Å². The van der Waals surface area contributed by atoms with E-state index in [1.165, 1.54) is 11.3 Å². The third kappa shape index (κ3) is 3.20. The Balaban J connectivity index is 0.000000606. The quantitative estimate of drug-likeness (QED) is 0.665. The van der Waals surface area contributed by atoms with Gasteiger partial charge in [-0.25, -0.2) is 4.98 Å². The summed E-state index contributed by atoms with van der Waals surface area (Å²) in [6.45, 7) is 4.00. The van der Waals surface area contributed by atoms with Gasteiger partial charge in [0.1, 0.15) is 5.01 Å². The zero-order valence-electron chi connectivity index (χ0n) is 8.85. The monoisotopic (exact) mass is 318 g/mol. The molecule has 0 bridgehead atoms. The molecule has 0 radical (unpaired) electrons. The number of nitrogens with zero attached hydrogens (tertiary/aromatic N) is 2. The summed E-state index contributed by atoms with van der Waals surface area (Å²) in [5, 5.41) is 1.50. The van der Waals surface area contributed by atoms with Crippen molar-refractivity contribution in [1.29, 1.82) is 0 Å². The van der Waals surface area contributed by atoms with Crippen LogP contribution in [-0.4, -0.2) is 9.97 Å². The predicted octanol–water partition coefficient (Wildman–Crippen LogP) is 4.22. The van der Waals surface area contributed by atoms with Crippen molar-refractivity contribution in [1.82, 2.24) is 9.97 Å². The topological polar surface area (TPSA) is 35.0 Å². The van der Waals surface area contributed by atoms with Crippen molar-refractivity contribution in [3.8, 4) is 15.6 Å². The molecule has 0 spiro atoms. The lowest BCUT2D eigenvalue weighted by molar-refractivity contribution is 0.671. The number of hydrogen-bond donors (Lipinski definition) is 1. The van der Waals surface area contributed by atoms with E-state index in [1.807, 2.05) is 26.0 Å². The van der Waals surface area contributed by atoms with Crippen molar-refractivity contribution in [3.63, 3.8) is 0 Å². The van der Waals surface area contributed by atoms with Crippen LogP contribution in [0.1, 0.15) is 13.8 Å². The maximum absolute atomic E-state index is 4.83. The van der Waals surface area contributed by atoms with E-state index in [9.17, 15) is 0 Å². The van der Waals surface area contributed by atoms with Gasteiger partial charge in [-0.05, 0) is 28.1 Å². The van der Waals surface area contributed by atoms with Crippen LogP contribution in [0.15, 0.2) is 29.1 Å². The summed E-state index contributed by atoms with van der Waals surface area (Å²) in [5.74, 6) is 0. The molecule has 3 nitrogen and oxygen atoms in total. The number of halogens is 1. The van der Waals surface area contributed by atoms with Gasteiger partial charge in [0, 0.05) is 30.9 Å². The fourth-order valence-electron chi connectivity index (χ4n) is 0.957. The Hall–Kier alpha value is -0.590. The molecule has 2 aromatic rings. The molecule has 6 heteroatoms. The Labute approximate surface area is 113 Å². The summed E-state index contributed by atoms with van der Waals surface area (Å²) in [7, 11) is 0. The van der Waals surface area contributed by atoms with Crippen molar-refractivity contribution >= 4 is 40.2 Å². The van der Waals surface area contributed by atoms with E-state index in [0.29, 0.717) is 9.67 Å². The lowest BCUT2D eigenvalue weighted by Crippen LogP contribution is -1.76. The van der Waals surface area contributed by atoms with Crippen LogP contribution in [-0.2, 0) is 0 Å². The van der Waals surface area contributed by atoms with Crippen LogP contribution in [0.3, 0.4) is 0 Å². The molecular formula is C10H11BrN2OS2. The molecule has 2 heterocycles. The summed E-state index contributed by atoms with van der Waals surface area (Å²) >= 11 is 8.43. The SMILES string of the molecule is CC.SOc1sc(-c2cccnc2)nc1Br. The smallest absolute Gasteiger partial charge is 0.225 e. The van der Waals surface area contributed by atoms with E-state index in [-0.39, 0.29) is 0 Å². The average molecular weight is 319 g/mol. The molecule has 0 unspecified atom stereocenters. The van der Waals surface area contributed by atoms with Gasteiger partial charge in [0.15, 0.2) is 4.60 Å². The summed E-state index contributed by atoms with van der Waals surface area (Å²) in [6.07, 6.45) is 3.48. The number of aromatic nitrogens is 2. The van der Waals surface area contributed by atoms with Crippen LogP contribution >= 0.6 is 40.2 Å². The normalized spacial score (nSPS) is 9.25.